The molecule has 100 valence electrons. The molecule has 3 heteroatoms. The summed E-state index contributed by atoms with van der Waals surface area (Å²) in [7, 11) is 2.21. The van der Waals surface area contributed by atoms with Gasteiger partial charge in [-0.05, 0) is 44.0 Å². The molecule has 1 heterocycles. The molecule has 1 aromatic carbocycles. The fourth-order valence-electron chi connectivity index (χ4n) is 2.52. The van der Waals surface area contributed by atoms with E-state index in [1.165, 1.54) is 11.1 Å². The van der Waals surface area contributed by atoms with Crippen LogP contribution in [0.2, 0.25) is 0 Å². The third-order valence-electron chi connectivity index (χ3n) is 3.70. The number of ether oxygens (including phenoxy) is 1. The monoisotopic (exact) mass is 248 g/mol. The van der Waals surface area contributed by atoms with Gasteiger partial charge >= 0.3 is 0 Å². The Kier molecular flexibility index (Phi) is 5.17. The fraction of sp³-hybridized carbons (Fsp3) is 0.600. The van der Waals surface area contributed by atoms with E-state index in [2.05, 4.69) is 36.2 Å². The summed E-state index contributed by atoms with van der Waals surface area (Å²) in [5.41, 5.74) is 8.26. The summed E-state index contributed by atoms with van der Waals surface area (Å²) >= 11 is 0. The fourth-order valence-corrected chi connectivity index (χ4v) is 2.52. The average molecular weight is 248 g/mol. The maximum absolute atomic E-state index is 5.56. The topological polar surface area (TPSA) is 38.5 Å². The summed E-state index contributed by atoms with van der Waals surface area (Å²) < 4.78 is 5.40. The molecule has 0 bridgehead atoms. The number of nitrogens with zero attached hydrogens (tertiary/aromatic N) is 1. The quantitative estimate of drug-likeness (QED) is 0.863. The van der Waals surface area contributed by atoms with Crippen molar-refractivity contribution in [1.82, 2.24) is 4.90 Å². The van der Waals surface area contributed by atoms with Crippen LogP contribution in [0.4, 0.5) is 0 Å². The lowest BCUT2D eigenvalue weighted by atomic mass is 10.1. The molecule has 0 atom stereocenters. The Hall–Kier alpha value is -0.900. The first-order valence-corrected chi connectivity index (χ1v) is 6.85. The van der Waals surface area contributed by atoms with Crippen LogP contribution >= 0.6 is 0 Å². The Morgan fingerprint density at radius 1 is 1.17 bits per heavy atom. The van der Waals surface area contributed by atoms with Gasteiger partial charge in [-0.3, -0.25) is 4.90 Å². The molecule has 0 unspecified atom stereocenters. The molecular weight excluding hydrogens is 224 g/mol. The Labute approximate surface area is 110 Å². The molecule has 0 aromatic heterocycles. The van der Waals surface area contributed by atoms with Crippen LogP contribution in [0.25, 0.3) is 0 Å². The molecule has 0 saturated carbocycles. The van der Waals surface area contributed by atoms with Crippen LogP contribution in [0, 0.1) is 0 Å². The highest BCUT2D eigenvalue weighted by Crippen LogP contribution is 2.16. The van der Waals surface area contributed by atoms with E-state index in [4.69, 9.17) is 10.5 Å². The van der Waals surface area contributed by atoms with Crippen molar-refractivity contribution in [3.05, 3.63) is 35.4 Å². The number of rotatable bonds is 5. The van der Waals surface area contributed by atoms with Gasteiger partial charge < -0.3 is 10.5 Å². The van der Waals surface area contributed by atoms with E-state index in [0.717, 1.165) is 45.6 Å². The van der Waals surface area contributed by atoms with Crippen LogP contribution in [-0.2, 0) is 17.7 Å². The van der Waals surface area contributed by atoms with E-state index >= 15 is 0 Å². The second-order valence-electron chi connectivity index (χ2n) is 5.11. The highest BCUT2D eigenvalue weighted by Gasteiger charge is 2.18. The van der Waals surface area contributed by atoms with Gasteiger partial charge in [0.1, 0.15) is 0 Å². The Bertz CT molecular complexity index is 344. The van der Waals surface area contributed by atoms with E-state index < -0.39 is 0 Å². The van der Waals surface area contributed by atoms with Crippen LogP contribution in [0.3, 0.4) is 0 Å². The van der Waals surface area contributed by atoms with Gasteiger partial charge in [-0.25, -0.2) is 0 Å². The summed E-state index contributed by atoms with van der Waals surface area (Å²) in [6, 6.07) is 9.50. The standard InChI is InChI=1S/C15H24N2O/c1-17(15-7-10-18-11-8-15)12-14-4-2-13(3-5-14)6-9-16/h2-5,15H,6-12,16H2,1H3. The van der Waals surface area contributed by atoms with Crippen molar-refractivity contribution in [2.75, 3.05) is 26.8 Å². The molecular formula is C15H24N2O. The van der Waals surface area contributed by atoms with Crippen molar-refractivity contribution < 1.29 is 4.74 Å². The highest BCUT2D eigenvalue weighted by atomic mass is 16.5. The van der Waals surface area contributed by atoms with Crippen molar-refractivity contribution in [2.45, 2.75) is 31.8 Å². The molecule has 1 saturated heterocycles. The second kappa shape index (κ2) is 6.88. The maximum Gasteiger partial charge on any atom is 0.0480 e. The van der Waals surface area contributed by atoms with Gasteiger partial charge in [0.15, 0.2) is 0 Å². The number of hydrogen-bond acceptors (Lipinski definition) is 3. The Balaban J connectivity index is 1.87. The maximum atomic E-state index is 5.56. The minimum atomic E-state index is 0.669. The van der Waals surface area contributed by atoms with E-state index in [1.54, 1.807) is 0 Å². The molecule has 0 spiro atoms. The smallest absolute Gasteiger partial charge is 0.0480 e. The first-order valence-electron chi connectivity index (χ1n) is 6.85. The predicted octanol–water partition coefficient (Wildman–Crippen LogP) is 1.80. The third kappa shape index (κ3) is 3.80. The van der Waals surface area contributed by atoms with E-state index in [0.29, 0.717) is 6.04 Å². The summed E-state index contributed by atoms with van der Waals surface area (Å²) in [4.78, 5) is 2.44. The highest BCUT2D eigenvalue weighted by molar-refractivity contribution is 5.22. The molecule has 18 heavy (non-hydrogen) atoms. The average Bonchev–Trinajstić information content (AvgIpc) is 2.42. The lowest BCUT2D eigenvalue weighted by Gasteiger charge is -2.31. The normalized spacial score (nSPS) is 17.3. The van der Waals surface area contributed by atoms with Crippen LogP contribution in [-0.4, -0.2) is 37.7 Å². The molecule has 3 nitrogen and oxygen atoms in total. The van der Waals surface area contributed by atoms with Gasteiger partial charge in [0.05, 0.1) is 0 Å². The van der Waals surface area contributed by atoms with Gasteiger partial charge in [0, 0.05) is 25.8 Å². The summed E-state index contributed by atoms with van der Waals surface area (Å²) in [6.07, 6.45) is 3.28. The van der Waals surface area contributed by atoms with Crippen LogP contribution in [0.5, 0.6) is 0 Å². The van der Waals surface area contributed by atoms with Crippen LogP contribution in [0.1, 0.15) is 24.0 Å². The minimum Gasteiger partial charge on any atom is -0.381 e. The minimum absolute atomic E-state index is 0.669. The van der Waals surface area contributed by atoms with Crippen molar-refractivity contribution in [1.29, 1.82) is 0 Å². The molecule has 1 aliphatic heterocycles. The Morgan fingerprint density at radius 2 is 1.78 bits per heavy atom. The van der Waals surface area contributed by atoms with Gasteiger partial charge in [0.2, 0.25) is 0 Å². The SMILES string of the molecule is CN(Cc1ccc(CCN)cc1)C1CCOCC1. The van der Waals surface area contributed by atoms with Crippen molar-refractivity contribution in [3.63, 3.8) is 0 Å². The summed E-state index contributed by atoms with van der Waals surface area (Å²) in [5, 5.41) is 0. The Morgan fingerprint density at radius 3 is 2.39 bits per heavy atom. The first kappa shape index (κ1) is 13.5. The second-order valence-corrected chi connectivity index (χ2v) is 5.11. The predicted molar refractivity (Wildman–Crippen MR) is 74.5 cm³/mol. The molecule has 2 rings (SSSR count). The van der Waals surface area contributed by atoms with Crippen LogP contribution in [0.15, 0.2) is 24.3 Å². The van der Waals surface area contributed by atoms with E-state index in [1.807, 2.05) is 0 Å². The zero-order valence-electron chi connectivity index (χ0n) is 11.3. The third-order valence-corrected chi connectivity index (χ3v) is 3.70. The largest absolute Gasteiger partial charge is 0.381 e. The molecule has 0 amide bonds. The number of hydrogen-bond donors (Lipinski definition) is 1. The lowest BCUT2D eigenvalue weighted by Crippen LogP contribution is -2.36. The van der Waals surface area contributed by atoms with Crippen molar-refractivity contribution in [3.8, 4) is 0 Å². The summed E-state index contributed by atoms with van der Waals surface area (Å²) in [5.74, 6) is 0. The molecule has 0 aliphatic carbocycles. The van der Waals surface area contributed by atoms with E-state index in [9.17, 15) is 0 Å². The van der Waals surface area contributed by atoms with E-state index in [-0.39, 0.29) is 0 Å². The zero-order valence-corrected chi connectivity index (χ0v) is 11.3. The van der Waals surface area contributed by atoms with Gasteiger partial charge in [0.25, 0.3) is 0 Å². The molecule has 1 aromatic rings. The zero-order chi connectivity index (χ0) is 12.8. The molecule has 0 radical (unpaired) electrons. The van der Waals surface area contributed by atoms with Gasteiger partial charge in [-0.2, -0.15) is 0 Å². The van der Waals surface area contributed by atoms with Crippen LogP contribution < -0.4 is 5.73 Å². The molecule has 1 aliphatic rings. The lowest BCUT2D eigenvalue weighted by molar-refractivity contribution is 0.0407. The van der Waals surface area contributed by atoms with Gasteiger partial charge in [-0.1, -0.05) is 24.3 Å². The van der Waals surface area contributed by atoms with Gasteiger partial charge in [-0.15, -0.1) is 0 Å². The van der Waals surface area contributed by atoms with Crippen molar-refractivity contribution >= 4 is 0 Å². The number of nitrogens with two attached hydrogens (primary N) is 1. The number of benzene rings is 1. The first-order chi connectivity index (χ1) is 8.79. The van der Waals surface area contributed by atoms with Crippen molar-refractivity contribution in [2.24, 2.45) is 5.73 Å². The summed E-state index contributed by atoms with van der Waals surface area (Å²) in [6.45, 7) is 3.56. The molecule has 2 N–H and O–H groups in total. The molecule has 1 fully saturated rings.